The molecule has 22 heavy (non-hydrogen) atoms. The molecule has 5 nitrogen and oxygen atoms in total. The van der Waals surface area contributed by atoms with E-state index in [-0.39, 0.29) is 29.6 Å². The number of unbranched alkanes of at least 4 members (excludes halogenated alkanes) is 9. The predicted molar refractivity (Wildman–Crippen MR) is 84.2 cm³/mol. The Morgan fingerprint density at radius 3 is 1.32 bits per heavy atom. The topological polar surface area (TPSA) is 91.7 Å². The van der Waals surface area contributed by atoms with Crippen LogP contribution in [0.25, 0.3) is 0 Å². The molecule has 2 N–H and O–H groups in total. The fraction of sp³-hybridized carbons (Fsp3) is 0.812. The van der Waals surface area contributed by atoms with Crippen molar-refractivity contribution < 1.29 is 54.2 Å². The van der Waals surface area contributed by atoms with Crippen molar-refractivity contribution in [2.45, 2.75) is 85.0 Å². The molecule has 0 rings (SSSR count). The van der Waals surface area contributed by atoms with Crippen molar-refractivity contribution >= 4 is 18.2 Å². The molecule has 0 aliphatic rings. The number of hydrogen-bond donors (Lipinski definition) is 2. The van der Waals surface area contributed by atoms with E-state index in [1.54, 1.807) is 0 Å². The molecule has 0 radical (unpaired) electrons. The normalized spacial score (nSPS) is 8.32. The molecule has 0 spiro atoms. The molecule has 0 bridgehead atoms. The Morgan fingerprint density at radius 1 is 0.773 bits per heavy atom. The van der Waals surface area contributed by atoms with Crippen LogP contribution in [-0.4, -0.2) is 28.4 Å². The minimum Gasteiger partial charge on any atom is -0.542 e. The molecule has 0 amide bonds. The van der Waals surface area contributed by atoms with Gasteiger partial charge in [0, 0.05) is 13.8 Å². The van der Waals surface area contributed by atoms with Crippen molar-refractivity contribution in [1.29, 1.82) is 0 Å². The van der Waals surface area contributed by atoms with Crippen LogP contribution in [-0.2, 0) is 14.4 Å². The van der Waals surface area contributed by atoms with E-state index >= 15 is 0 Å². The molecule has 0 fully saturated rings. The monoisotopic (exact) mass is 326 g/mol. The van der Waals surface area contributed by atoms with E-state index in [0.29, 0.717) is 6.42 Å². The average molecular weight is 326 g/mol. The van der Waals surface area contributed by atoms with E-state index in [0.717, 1.165) is 20.3 Å². The number of aliphatic carboxylic acids is 2. The molecule has 6 heteroatoms. The zero-order valence-electron chi connectivity index (χ0n) is 14.7. The second kappa shape index (κ2) is 28.7. The summed E-state index contributed by atoms with van der Waals surface area (Å²) in [4.78, 5) is 27.9. The standard InChI is InChI=1S/C12H23O.2C2H4O2.Na/c1-2-3-4-5-6-7-8-9-10-11-12-13;2*1-2(3)4;/h2-11H2,1H3;2*1H3,(H,3,4);/q-1;;;+1. The van der Waals surface area contributed by atoms with Gasteiger partial charge in [0.2, 0.25) is 0 Å². The summed E-state index contributed by atoms with van der Waals surface area (Å²) in [7, 11) is 0. The zero-order chi connectivity index (χ0) is 16.9. The number of carboxylic acids is 2. The Labute approximate surface area is 157 Å². The van der Waals surface area contributed by atoms with Crippen molar-refractivity contribution in [1.82, 2.24) is 0 Å². The third kappa shape index (κ3) is 73.5. The molecule has 126 valence electrons. The Kier molecular flexibility index (Phi) is 38.7. The quantitative estimate of drug-likeness (QED) is 0.358. The van der Waals surface area contributed by atoms with E-state index < -0.39 is 11.9 Å². The molecule has 0 aromatic rings. The van der Waals surface area contributed by atoms with Crippen molar-refractivity contribution in [2.24, 2.45) is 0 Å². The van der Waals surface area contributed by atoms with Gasteiger partial charge in [-0.3, -0.25) is 15.9 Å². The molecule has 0 aromatic heterocycles. The van der Waals surface area contributed by atoms with Crippen molar-refractivity contribution in [3.05, 3.63) is 0 Å². The van der Waals surface area contributed by atoms with Gasteiger partial charge in [-0.25, -0.2) is 0 Å². The number of carbonyl (C=O) groups excluding carboxylic acids is 1. The van der Waals surface area contributed by atoms with E-state index in [9.17, 15) is 4.79 Å². The summed E-state index contributed by atoms with van der Waals surface area (Å²) in [5, 5.41) is 14.8. The fourth-order valence-corrected chi connectivity index (χ4v) is 1.51. The summed E-state index contributed by atoms with van der Waals surface area (Å²) in [6.07, 6.45) is 14.4. The molecule has 0 saturated carbocycles. The van der Waals surface area contributed by atoms with Crippen LogP contribution < -0.4 is 29.6 Å². The van der Waals surface area contributed by atoms with Gasteiger partial charge in [-0.05, 0) is 0 Å². The van der Waals surface area contributed by atoms with E-state index in [1.165, 1.54) is 51.4 Å². The first-order valence-corrected chi connectivity index (χ1v) is 7.62. The van der Waals surface area contributed by atoms with E-state index in [4.69, 9.17) is 19.8 Å². The molecule has 0 heterocycles. The van der Waals surface area contributed by atoms with Crippen LogP contribution in [0, 0.1) is 0 Å². The third-order valence-corrected chi connectivity index (χ3v) is 2.38. The van der Waals surface area contributed by atoms with Crippen LogP contribution in [0.2, 0.25) is 0 Å². The number of carbonyl (C=O) groups is 2. The number of rotatable bonds is 10. The van der Waals surface area contributed by atoms with Gasteiger partial charge in [-0.15, -0.1) is 0 Å². The van der Waals surface area contributed by atoms with Crippen molar-refractivity contribution in [3.8, 4) is 0 Å². The van der Waals surface area contributed by atoms with Gasteiger partial charge in [-0.2, -0.15) is 6.42 Å². The molecular weight excluding hydrogens is 295 g/mol. The Balaban J connectivity index is -0.000000150. The van der Waals surface area contributed by atoms with Crippen LogP contribution in [0.15, 0.2) is 0 Å². The van der Waals surface area contributed by atoms with Gasteiger partial charge in [0.05, 0.1) is 0 Å². The van der Waals surface area contributed by atoms with Gasteiger partial charge in [0.25, 0.3) is 11.9 Å². The second-order valence-electron chi connectivity index (χ2n) is 4.76. The smallest absolute Gasteiger partial charge is 0.542 e. The maximum atomic E-state index is 9.89. The largest absolute Gasteiger partial charge is 1.00 e. The zero-order valence-corrected chi connectivity index (χ0v) is 16.7. The van der Waals surface area contributed by atoms with E-state index in [2.05, 4.69) is 6.92 Å². The molecule has 0 atom stereocenters. The van der Waals surface area contributed by atoms with Crippen LogP contribution in [0.3, 0.4) is 0 Å². The second-order valence-corrected chi connectivity index (χ2v) is 4.76. The fourth-order valence-electron chi connectivity index (χ4n) is 1.51. The molecule has 0 aliphatic heterocycles. The Bertz CT molecular complexity index is 225. The maximum absolute atomic E-state index is 9.89. The molecule has 0 saturated heterocycles. The van der Waals surface area contributed by atoms with Crippen LogP contribution in [0.4, 0.5) is 0 Å². The minimum absolute atomic E-state index is 0. The first kappa shape index (κ1) is 29.6. The van der Waals surface area contributed by atoms with Crippen molar-refractivity contribution in [2.75, 3.05) is 0 Å². The van der Waals surface area contributed by atoms with Crippen LogP contribution >= 0.6 is 0 Å². The van der Waals surface area contributed by atoms with Gasteiger partial charge in [0.1, 0.15) is 0 Å². The first-order chi connectivity index (χ1) is 9.88. The number of hydrogen-bond acceptors (Lipinski definition) is 3. The van der Waals surface area contributed by atoms with Gasteiger partial charge < -0.3 is 15.0 Å². The Morgan fingerprint density at radius 2 is 1.05 bits per heavy atom. The summed E-state index contributed by atoms with van der Waals surface area (Å²) in [6.45, 7) is 4.41. The summed E-state index contributed by atoms with van der Waals surface area (Å²) >= 11 is 0. The molecule has 0 unspecified atom stereocenters. The van der Waals surface area contributed by atoms with Crippen molar-refractivity contribution in [3.63, 3.8) is 0 Å². The van der Waals surface area contributed by atoms with E-state index in [1.807, 2.05) is 6.29 Å². The molecular formula is C16H31NaO5. The summed E-state index contributed by atoms with van der Waals surface area (Å²) in [5.74, 6) is -1.67. The number of carboxylic acid groups (broad SMARTS) is 2. The maximum Gasteiger partial charge on any atom is 1.00 e. The SMILES string of the molecule is CC(=O)O.CC(=O)O.CCCCCCCCCCC[C-]=O.[Na+]. The Hall–Kier alpha value is -0.390. The molecule has 0 aliphatic carbocycles. The third-order valence-electron chi connectivity index (χ3n) is 2.38. The predicted octanol–water partition coefficient (Wildman–Crippen LogP) is 1.20. The minimum atomic E-state index is -0.833. The first-order valence-electron chi connectivity index (χ1n) is 7.62. The average Bonchev–Trinajstić information content (AvgIpc) is 2.35. The van der Waals surface area contributed by atoms with Gasteiger partial charge in [0.15, 0.2) is 0 Å². The molecule has 0 aromatic carbocycles. The van der Waals surface area contributed by atoms with Gasteiger partial charge >= 0.3 is 29.6 Å². The summed E-state index contributed by atoms with van der Waals surface area (Å²) in [5.41, 5.74) is 0. The summed E-state index contributed by atoms with van der Waals surface area (Å²) in [6, 6.07) is 0. The summed E-state index contributed by atoms with van der Waals surface area (Å²) < 4.78 is 0. The van der Waals surface area contributed by atoms with Crippen LogP contribution in [0.1, 0.15) is 85.0 Å². The van der Waals surface area contributed by atoms with Crippen LogP contribution in [0.5, 0.6) is 0 Å². The van der Waals surface area contributed by atoms with Gasteiger partial charge in [-0.1, -0.05) is 64.7 Å².